The summed E-state index contributed by atoms with van der Waals surface area (Å²) in [5, 5.41) is 6.35. The minimum Gasteiger partial charge on any atom is -0.465 e. The van der Waals surface area contributed by atoms with Gasteiger partial charge in [-0.15, -0.1) is 0 Å². The van der Waals surface area contributed by atoms with Crippen molar-refractivity contribution in [2.45, 2.75) is 6.42 Å². The van der Waals surface area contributed by atoms with Gasteiger partial charge in [0.2, 0.25) is 0 Å². The molecule has 0 aliphatic carbocycles. The number of nitrogens with one attached hydrogen (secondary N) is 2. The lowest BCUT2D eigenvalue weighted by Gasteiger charge is -2.15. The molecule has 0 unspecified atom stereocenters. The van der Waals surface area contributed by atoms with Gasteiger partial charge >= 0.3 is 5.97 Å². The lowest BCUT2D eigenvalue weighted by molar-refractivity contribution is -0.110. The van der Waals surface area contributed by atoms with Crippen LogP contribution in [0.3, 0.4) is 0 Å². The molecule has 6 nitrogen and oxygen atoms in total. The van der Waals surface area contributed by atoms with Crippen molar-refractivity contribution in [2.24, 2.45) is 0 Å². The number of fused-ring (bicyclic) bond motifs is 1. The number of ether oxygens (including phenoxy) is 1. The highest BCUT2D eigenvalue weighted by Crippen LogP contribution is 2.38. The molecule has 1 aliphatic rings. The standard InChI is InChI=1S/C29H23N3O3/c1-35-29(34)22-9-12-24-25(18-22)32-28(33)26(24)27(21-5-3-2-4-6-21)31-23-10-7-19(8-11-23)17-20-13-15-30-16-14-20/h2-16,18,31H,17H2,1H3,(H,32,33). The summed E-state index contributed by atoms with van der Waals surface area (Å²) in [5.41, 5.74) is 7.00. The van der Waals surface area contributed by atoms with Gasteiger partial charge in [-0.2, -0.15) is 0 Å². The van der Waals surface area contributed by atoms with Gasteiger partial charge in [0.25, 0.3) is 5.91 Å². The van der Waals surface area contributed by atoms with Crippen molar-refractivity contribution in [1.29, 1.82) is 0 Å². The maximum Gasteiger partial charge on any atom is 0.337 e. The molecule has 0 fully saturated rings. The van der Waals surface area contributed by atoms with E-state index < -0.39 is 5.97 Å². The van der Waals surface area contributed by atoms with Crippen molar-refractivity contribution in [2.75, 3.05) is 17.7 Å². The van der Waals surface area contributed by atoms with Gasteiger partial charge in [0, 0.05) is 23.6 Å². The molecule has 1 amide bonds. The fraction of sp³-hybridized carbons (Fsp3) is 0.0690. The lowest BCUT2D eigenvalue weighted by Crippen LogP contribution is -2.10. The first-order valence-electron chi connectivity index (χ1n) is 11.2. The Balaban J connectivity index is 1.51. The molecule has 2 N–H and O–H groups in total. The number of carbonyl (C=O) groups excluding carboxylic acids is 2. The fourth-order valence-corrected chi connectivity index (χ4v) is 4.14. The average Bonchev–Trinajstić information content (AvgIpc) is 3.23. The number of carbonyl (C=O) groups is 2. The van der Waals surface area contributed by atoms with Gasteiger partial charge in [-0.1, -0.05) is 48.5 Å². The number of hydrogen-bond acceptors (Lipinski definition) is 5. The number of nitrogens with zero attached hydrogens (tertiary/aromatic N) is 1. The number of hydrogen-bond donors (Lipinski definition) is 2. The Morgan fingerprint density at radius 3 is 2.31 bits per heavy atom. The molecule has 0 atom stereocenters. The fourth-order valence-electron chi connectivity index (χ4n) is 4.14. The zero-order valence-corrected chi connectivity index (χ0v) is 19.1. The maximum atomic E-state index is 13.1. The van der Waals surface area contributed by atoms with Crippen LogP contribution in [0.15, 0.2) is 97.3 Å². The van der Waals surface area contributed by atoms with Crippen LogP contribution in [0.5, 0.6) is 0 Å². The molecular formula is C29H23N3O3. The van der Waals surface area contributed by atoms with E-state index in [1.54, 1.807) is 30.6 Å². The number of amides is 1. The van der Waals surface area contributed by atoms with Gasteiger partial charge < -0.3 is 15.4 Å². The van der Waals surface area contributed by atoms with E-state index in [4.69, 9.17) is 4.74 Å². The Morgan fingerprint density at radius 1 is 0.886 bits per heavy atom. The van der Waals surface area contributed by atoms with Crippen LogP contribution in [-0.4, -0.2) is 24.0 Å². The topological polar surface area (TPSA) is 80.3 Å². The molecule has 1 aromatic heterocycles. The van der Waals surface area contributed by atoms with E-state index in [1.165, 1.54) is 18.2 Å². The van der Waals surface area contributed by atoms with Crippen LogP contribution in [0.25, 0.3) is 11.3 Å². The van der Waals surface area contributed by atoms with E-state index in [-0.39, 0.29) is 5.91 Å². The number of benzene rings is 3. The predicted octanol–water partition coefficient (Wildman–Crippen LogP) is 5.39. The molecule has 0 saturated carbocycles. The quantitative estimate of drug-likeness (QED) is 0.297. The van der Waals surface area contributed by atoms with Crippen molar-refractivity contribution in [3.05, 3.63) is 125 Å². The first-order valence-corrected chi connectivity index (χ1v) is 11.2. The minimum atomic E-state index is -0.451. The van der Waals surface area contributed by atoms with E-state index in [0.29, 0.717) is 22.5 Å². The third kappa shape index (κ3) is 4.68. The molecule has 0 bridgehead atoms. The first kappa shape index (κ1) is 22.1. The van der Waals surface area contributed by atoms with Crippen molar-refractivity contribution in [3.8, 4) is 0 Å². The molecule has 1 aliphatic heterocycles. The smallest absolute Gasteiger partial charge is 0.337 e. The Labute approximate surface area is 203 Å². The van der Waals surface area contributed by atoms with Crippen LogP contribution in [0.4, 0.5) is 11.4 Å². The van der Waals surface area contributed by atoms with Crippen molar-refractivity contribution < 1.29 is 14.3 Å². The number of methoxy groups -OCH3 is 1. The maximum absolute atomic E-state index is 13.1. The predicted molar refractivity (Wildman–Crippen MR) is 137 cm³/mol. The summed E-state index contributed by atoms with van der Waals surface area (Å²) in [5.74, 6) is -0.685. The number of rotatable bonds is 6. The third-order valence-corrected chi connectivity index (χ3v) is 5.88. The molecule has 172 valence electrons. The Bertz CT molecular complexity index is 1410. The van der Waals surface area contributed by atoms with Crippen LogP contribution in [0.1, 0.15) is 32.6 Å². The molecule has 0 radical (unpaired) electrons. The van der Waals surface area contributed by atoms with Gasteiger partial charge in [0.1, 0.15) is 0 Å². The second kappa shape index (κ2) is 9.65. The van der Waals surface area contributed by atoms with Crippen molar-refractivity contribution in [3.63, 3.8) is 0 Å². The van der Waals surface area contributed by atoms with E-state index in [1.807, 2.05) is 54.6 Å². The minimum absolute atomic E-state index is 0.234. The molecular weight excluding hydrogens is 438 g/mol. The van der Waals surface area contributed by atoms with E-state index >= 15 is 0 Å². The van der Waals surface area contributed by atoms with Crippen molar-refractivity contribution >= 4 is 34.5 Å². The highest BCUT2D eigenvalue weighted by atomic mass is 16.5. The van der Waals surface area contributed by atoms with Gasteiger partial charge in [0.05, 0.1) is 29.6 Å². The first-order chi connectivity index (χ1) is 17.1. The summed E-state index contributed by atoms with van der Waals surface area (Å²) >= 11 is 0. The van der Waals surface area contributed by atoms with Crippen LogP contribution < -0.4 is 10.6 Å². The van der Waals surface area contributed by atoms with E-state index in [2.05, 4.69) is 27.8 Å². The normalized spacial score (nSPS) is 13.6. The zero-order valence-electron chi connectivity index (χ0n) is 19.1. The number of anilines is 2. The molecule has 5 rings (SSSR count). The number of pyridine rings is 1. The van der Waals surface area contributed by atoms with Crippen molar-refractivity contribution in [1.82, 2.24) is 4.98 Å². The number of esters is 1. The average molecular weight is 462 g/mol. The van der Waals surface area contributed by atoms with Crippen LogP contribution in [-0.2, 0) is 16.0 Å². The Hall–Kier alpha value is -4.71. The van der Waals surface area contributed by atoms with Crippen LogP contribution >= 0.6 is 0 Å². The van der Waals surface area contributed by atoms with E-state index in [9.17, 15) is 9.59 Å². The Kier molecular flexibility index (Phi) is 6.09. The molecule has 35 heavy (non-hydrogen) atoms. The monoisotopic (exact) mass is 461 g/mol. The molecule has 0 saturated heterocycles. The number of aromatic nitrogens is 1. The molecule has 3 aromatic carbocycles. The van der Waals surface area contributed by atoms with Gasteiger partial charge in [0.15, 0.2) is 0 Å². The highest BCUT2D eigenvalue weighted by molar-refractivity contribution is 6.37. The highest BCUT2D eigenvalue weighted by Gasteiger charge is 2.29. The molecule has 0 spiro atoms. The molecule has 2 heterocycles. The third-order valence-electron chi connectivity index (χ3n) is 5.88. The van der Waals surface area contributed by atoms with Gasteiger partial charge in [-0.05, 0) is 59.5 Å². The second-order valence-corrected chi connectivity index (χ2v) is 8.18. The van der Waals surface area contributed by atoms with Gasteiger partial charge in [-0.25, -0.2) is 4.79 Å². The summed E-state index contributed by atoms with van der Waals surface area (Å²) in [7, 11) is 1.33. The van der Waals surface area contributed by atoms with Crippen LogP contribution in [0.2, 0.25) is 0 Å². The summed E-state index contributed by atoms with van der Waals surface area (Å²) in [6.07, 6.45) is 4.40. The van der Waals surface area contributed by atoms with E-state index in [0.717, 1.165) is 23.2 Å². The SMILES string of the molecule is COC(=O)c1ccc2c(c1)NC(=O)C2=C(Nc1ccc(Cc2ccncc2)cc1)c1ccccc1. The summed E-state index contributed by atoms with van der Waals surface area (Å²) in [6.45, 7) is 0. The van der Waals surface area contributed by atoms with Crippen LogP contribution in [0, 0.1) is 0 Å². The van der Waals surface area contributed by atoms with Gasteiger partial charge in [-0.3, -0.25) is 9.78 Å². The largest absolute Gasteiger partial charge is 0.465 e. The summed E-state index contributed by atoms with van der Waals surface area (Å²) < 4.78 is 4.81. The Morgan fingerprint density at radius 2 is 1.60 bits per heavy atom. The second-order valence-electron chi connectivity index (χ2n) is 8.18. The summed E-state index contributed by atoms with van der Waals surface area (Å²) in [4.78, 5) is 29.1. The summed E-state index contributed by atoms with van der Waals surface area (Å²) in [6, 6.07) is 27.0. The zero-order chi connectivity index (χ0) is 24.2. The lowest BCUT2D eigenvalue weighted by atomic mass is 9.99. The molecule has 4 aromatic rings. The molecule has 6 heteroatoms.